The minimum Gasteiger partial charge on any atom is -0.310 e. The molecule has 11 aromatic rings. The van der Waals surface area contributed by atoms with Crippen LogP contribution in [0.4, 0.5) is 17.1 Å². The summed E-state index contributed by atoms with van der Waals surface area (Å²) in [5.74, 6) is 0. The van der Waals surface area contributed by atoms with E-state index in [1.54, 1.807) is 0 Å². The topological polar surface area (TPSA) is 3.24 Å². The van der Waals surface area contributed by atoms with Gasteiger partial charge < -0.3 is 4.90 Å². The molecule has 61 heavy (non-hydrogen) atoms. The van der Waals surface area contributed by atoms with Crippen molar-refractivity contribution >= 4 is 59.3 Å². The van der Waals surface area contributed by atoms with E-state index >= 15 is 0 Å². The van der Waals surface area contributed by atoms with E-state index in [2.05, 4.69) is 229 Å². The molecule has 0 amide bonds. The number of nitrogens with zero attached hydrogens (tertiary/aromatic N) is 1. The van der Waals surface area contributed by atoms with Gasteiger partial charge >= 0.3 is 0 Å². The van der Waals surface area contributed by atoms with Gasteiger partial charge in [-0.2, -0.15) is 0 Å². The van der Waals surface area contributed by atoms with Gasteiger partial charge in [0.1, 0.15) is 0 Å². The highest BCUT2D eigenvalue weighted by Gasteiger charge is 2.51. The van der Waals surface area contributed by atoms with Gasteiger partial charge in [0, 0.05) is 37.1 Å². The van der Waals surface area contributed by atoms with Gasteiger partial charge in [-0.15, -0.1) is 11.3 Å². The monoisotopic (exact) mass is 791 g/mol. The first kappa shape index (κ1) is 34.4. The zero-order valence-corrected chi connectivity index (χ0v) is 34.0. The van der Waals surface area contributed by atoms with Crippen LogP contribution in [0.25, 0.3) is 75.5 Å². The first-order valence-corrected chi connectivity index (χ1v) is 21.9. The number of benzene rings is 10. The molecule has 0 radical (unpaired) electrons. The van der Waals surface area contributed by atoms with Crippen LogP contribution in [-0.4, -0.2) is 0 Å². The molecule has 0 N–H and O–H groups in total. The molecule has 0 saturated carbocycles. The number of fused-ring (bicyclic) bond motifs is 14. The van der Waals surface area contributed by atoms with Crippen molar-refractivity contribution in [3.05, 3.63) is 247 Å². The molecule has 2 aliphatic rings. The fourth-order valence-corrected chi connectivity index (χ4v) is 11.7. The molecule has 1 aromatic heterocycles. The molecule has 1 heterocycles. The van der Waals surface area contributed by atoms with Crippen LogP contribution in [0.15, 0.2) is 224 Å². The molecular formula is C59H37NS. The fourth-order valence-electron chi connectivity index (χ4n) is 10.6. The molecule has 2 aliphatic carbocycles. The quantitative estimate of drug-likeness (QED) is 0.168. The van der Waals surface area contributed by atoms with E-state index in [9.17, 15) is 0 Å². The first-order valence-electron chi connectivity index (χ1n) is 21.1. The number of hydrogen-bond acceptors (Lipinski definition) is 2. The predicted molar refractivity (Wildman–Crippen MR) is 259 cm³/mol. The molecule has 1 nitrogen and oxygen atoms in total. The van der Waals surface area contributed by atoms with E-state index < -0.39 is 5.41 Å². The Morgan fingerprint density at radius 2 is 0.885 bits per heavy atom. The van der Waals surface area contributed by atoms with Crippen molar-refractivity contribution in [3.8, 4) is 44.5 Å². The van der Waals surface area contributed by atoms with Crippen LogP contribution >= 0.6 is 11.3 Å². The summed E-state index contributed by atoms with van der Waals surface area (Å²) < 4.78 is 2.64. The molecule has 0 aliphatic heterocycles. The SMILES string of the molecule is c1cc(-c2ccc3sc4ccccc4c3c2)cc(N(c2ccc3c(c2)C2(c4ccccc4-c4ccccc42)c2ccccc2-3)c2ccccc2-c2ccc3ccccc3c2)c1. The third kappa shape index (κ3) is 5.00. The molecule has 0 atom stereocenters. The van der Waals surface area contributed by atoms with Gasteiger partial charge in [-0.25, -0.2) is 0 Å². The molecular weight excluding hydrogens is 755 g/mol. The van der Waals surface area contributed by atoms with Crippen LogP contribution in [0, 0.1) is 0 Å². The molecule has 1 spiro atoms. The lowest BCUT2D eigenvalue weighted by Gasteiger charge is -2.33. The standard InChI is InChI=1S/C59H37NS/c1-2-15-39-34-42(29-28-38(39)14-1)45-18-6-11-26-56(45)60(43-17-13-16-40(35-43)41-30-33-58-51(36-41)50-22-7-12-27-57(50)61-58)44-31-32-49-48-21-5-10-25-54(48)59(55(49)37-44)52-23-8-3-19-46(52)47-20-4-9-24-53(47)59/h1-37H. The maximum absolute atomic E-state index is 2.50. The van der Waals surface area contributed by atoms with Gasteiger partial charge in [0.2, 0.25) is 0 Å². The third-order valence-corrected chi connectivity index (χ3v) is 14.4. The van der Waals surface area contributed by atoms with Crippen molar-refractivity contribution in [2.75, 3.05) is 4.90 Å². The summed E-state index contributed by atoms with van der Waals surface area (Å²) in [6.07, 6.45) is 0. The Balaban J connectivity index is 1.06. The van der Waals surface area contributed by atoms with E-state index in [4.69, 9.17) is 0 Å². The number of rotatable bonds is 5. The summed E-state index contributed by atoms with van der Waals surface area (Å²) in [7, 11) is 0. The van der Waals surface area contributed by atoms with Gasteiger partial charge in [-0.05, 0) is 127 Å². The van der Waals surface area contributed by atoms with Crippen LogP contribution < -0.4 is 4.90 Å². The van der Waals surface area contributed by atoms with Gasteiger partial charge in [0.05, 0.1) is 11.1 Å². The molecule has 0 bridgehead atoms. The Morgan fingerprint density at radius 3 is 1.66 bits per heavy atom. The van der Waals surface area contributed by atoms with Crippen molar-refractivity contribution in [2.24, 2.45) is 0 Å². The van der Waals surface area contributed by atoms with Crippen LogP contribution in [0.1, 0.15) is 22.3 Å². The van der Waals surface area contributed by atoms with Crippen LogP contribution in [0.3, 0.4) is 0 Å². The van der Waals surface area contributed by atoms with Gasteiger partial charge in [-0.1, -0.05) is 170 Å². The van der Waals surface area contributed by atoms with E-state index in [1.807, 2.05) is 11.3 Å². The summed E-state index contributed by atoms with van der Waals surface area (Å²) in [4.78, 5) is 2.50. The highest BCUT2D eigenvalue weighted by atomic mass is 32.1. The minimum absolute atomic E-state index is 0.445. The maximum Gasteiger partial charge on any atom is 0.0726 e. The summed E-state index contributed by atoms with van der Waals surface area (Å²) in [5, 5.41) is 5.09. The molecule has 0 unspecified atom stereocenters. The lowest BCUT2D eigenvalue weighted by atomic mass is 9.70. The Morgan fingerprint density at radius 1 is 0.311 bits per heavy atom. The second-order valence-corrected chi connectivity index (χ2v) is 17.5. The van der Waals surface area contributed by atoms with Gasteiger partial charge in [-0.3, -0.25) is 0 Å². The van der Waals surface area contributed by atoms with E-state index in [0.717, 1.165) is 17.1 Å². The number of para-hydroxylation sites is 1. The van der Waals surface area contributed by atoms with Crippen molar-refractivity contribution in [3.63, 3.8) is 0 Å². The van der Waals surface area contributed by atoms with E-state index in [-0.39, 0.29) is 0 Å². The molecule has 284 valence electrons. The summed E-state index contributed by atoms with van der Waals surface area (Å²) >= 11 is 1.86. The third-order valence-electron chi connectivity index (χ3n) is 13.3. The van der Waals surface area contributed by atoms with Gasteiger partial charge in [0.25, 0.3) is 0 Å². The Hall–Kier alpha value is -7.52. The van der Waals surface area contributed by atoms with E-state index in [1.165, 1.54) is 97.7 Å². The first-order chi connectivity index (χ1) is 30.2. The lowest BCUT2D eigenvalue weighted by Crippen LogP contribution is -2.26. The average Bonchev–Trinajstić information content (AvgIpc) is 3.95. The maximum atomic E-state index is 2.50. The molecule has 0 saturated heterocycles. The van der Waals surface area contributed by atoms with Crippen molar-refractivity contribution in [1.82, 2.24) is 0 Å². The Kier molecular flexibility index (Phi) is 7.46. The van der Waals surface area contributed by atoms with E-state index in [0.29, 0.717) is 0 Å². The number of anilines is 3. The summed E-state index contributed by atoms with van der Waals surface area (Å²) in [5.41, 5.74) is 18.3. The number of thiophene rings is 1. The second kappa shape index (κ2) is 13.2. The van der Waals surface area contributed by atoms with Crippen molar-refractivity contribution in [1.29, 1.82) is 0 Å². The summed E-state index contributed by atoms with van der Waals surface area (Å²) in [6, 6.07) is 83.7. The zero-order chi connectivity index (χ0) is 40.1. The largest absolute Gasteiger partial charge is 0.310 e. The molecule has 2 heteroatoms. The highest BCUT2D eigenvalue weighted by molar-refractivity contribution is 7.25. The Bertz CT molecular complexity index is 3510. The Labute approximate surface area is 359 Å². The average molecular weight is 792 g/mol. The summed E-state index contributed by atoms with van der Waals surface area (Å²) in [6.45, 7) is 0. The van der Waals surface area contributed by atoms with Crippen LogP contribution in [-0.2, 0) is 5.41 Å². The van der Waals surface area contributed by atoms with Gasteiger partial charge in [0.15, 0.2) is 0 Å². The smallest absolute Gasteiger partial charge is 0.0726 e. The predicted octanol–water partition coefficient (Wildman–Crippen LogP) is 16.4. The molecule has 0 fully saturated rings. The molecule has 13 rings (SSSR count). The zero-order valence-electron chi connectivity index (χ0n) is 33.2. The minimum atomic E-state index is -0.445. The van der Waals surface area contributed by atoms with Crippen LogP contribution in [0.5, 0.6) is 0 Å². The lowest BCUT2D eigenvalue weighted by molar-refractivity contribution is 0.793. The van der Waals surface area contributed by atoms with Crippen molar-refractivity contribution in [2.45, 2.75) is 5.41 Å². The van der Waals surface area contributed by atoms with Crippen molar-refractivity contribution < 1.29 is 0 Å². The fraction of sp³-hybridized carbons (Fsp3) is 0.0169. The molecule has 10 aromatic carbocycles. The normalized spacial score (nSPS) is 13.0. The number of hydrogen-bond donors (Lipinski definition) is 0. The van der Waals surface area contributed by atoms with Crippen LogP contribution in [0.2, 0.25) is 0 Å². The highest BCUT2D eigenvalue weighted by Crippen LogP contribution is 2.63. The second-order valence-electron chi connectivity index (χ2n) is 16.4.